The fourth-order valence-corrected chi connectivity index (χ4v) is 6.38. The van der Waals surface area contributed by atoms with Crippen LogP contribution in [-0.2, 0) is 0 Å². The summed E-state index contributed by atoms with van der Waals surface area (Å²) in [6.07, 6.45) is 0.131. The molecule has 0 unspecified atom stereocenters. The third kappa shape index (κ3) is 8.52. The summed E-state index contributed by atoms with van der Waals surface area (Å²) in [6.45, 7) is 0. The van der Waals surface area contributed by atoms with Gasteiger partial charge in [-0.25, -0.2) is 61.5 Å². The molecular weight excluding hydrogens is 903 g/mol. The van der Waals surface area contributed by atoms with E-state index in [0.29, 0.717) is 11.4 Å². The predicted octanol–water partition coefficient (Wildman–Crippen LogP) is 11.6. The normalized spacial score (nSPS) is 11.3. The van der Waals surface area contributed by atoms with Crippen LogP contribution in [0, 0.1) is 127 Å². The van der Waals surface area contributed by atoms with Crippen LogP contribution in [0.5, 0.6) is 0 Å². The van der Waals surface area contributed by atoms with Crippen molar-refractivity contribution < 1.29 is 61.5 Å². The van der Waals surface area contributed by atoms with Crippen molar-refractivity contribution in [2.75, 3.05) is 38.0 Å². The topological polar surface area (TPSA) is 102 Å². The zero-order valence-corrected chi connectivity index (χ0v) is 33.7. The van der Waals surface area contributed by atoms with Crippen LogP contribution in [0.15, 0.2) is 71.8 Å². The molecule has 20 heteroatoms. The van der Waals surface area contributed by atoms with Gasteiger partial charge in [-0.05, 0) is 47.5 Å². The van der Waals surface area contributed by atoms with E-state index in [1.165, 1.54) is 58.3 Å². The van der Waals surface area contributed by atoms with Crippen molar-refractivity contribution in [3.63, 3.8) is 0 Å². The van der Waals surface area contributed by atoms with Crippen molar-refractivity contribution >= 4 is 33.7 Å². The molecule has 0 spiro atoms. The van der Waals surface area contributed by atoms with E-state index in [-0.39, 0.29) is 23.3 Å². The van der Waals surface area contributed by atoms with Crippen LogP contribution in [0.1, 0.15) is 33.4 Å². The average molecular weight is 925 g/mol. The summed E-state index contributed by atoms with van der Waals surface area (Å²) in [4.78, 5) is 3.04. The first-order valence-corrected chi connectivity index (χ1v) is 18.1. The van der Waals surface area contributed by atoms with Gasteiger partial charge in [0.15, 0.2) is 69.8 Å². The maximum Gasteiger partial charge on any atom is 0.200 e. The third-order valence-electron chi connectivity index (χ3n) is 9.71. The van der Waals surface area contributed by atoms with Gasteiger partial charge >= 0.3 is 0 Å². The third-order valence-corrected chi connectivity index (χ3v) is 9.71. The molecule has 0 aliphatic heterocycles. The van der Waals surface area contributed by atoms with Gasteiger partial charge in [-0.2, -0.15) is 21.0 Å². The highest BCUT2D eigenvalue weighted by Crippen LogP contribution is 2.44. The van der Waals surface area contributed by atoms with Crippen molar-refractivity contribution in [3.05, 3.63) is 187 Å². The van der Waals surface area contributed by atoms with Crippen LogP contribution < -0.4 is 9.80 Å². The maximum atomic E-state index is 16.9. The van der Waals surface area contributed by atoms with Crippen molar-refractivity contribution in [2.24, 2.45) is 0 Å². The van der Waals surface area contributed by atoms with Crippen LogP contribution in [-0.4, -0.2) is 28.2 Å². The van der Waals surface area contributed by atoms with Crippen molar-refractivity contribution in [3.8, 4) is 24.3 Å². The van der Waals surface area contributed by atoms with E-state index in [0.717, 1.165) is 24.3 Å². The van der Waals surface area contributed by atoms with Gasteiger partial charge in [0.2, 0.25) is 11.6 Å². The lowest BCUT2D eigenvalue weighted by atomic mass is 9.86. The van der Waals surface area contributed by atoms with E-state index in [1.807, 2.05) is 0 Å². The molecule has 0 saturated carbocycles. The minimum absolute atomic E-state index is 0.0654. The highest BCUT2D eigenvalue weighted by atomic mass is 19.2. The number of rotatable bonds is 10. The Hall–Kier alpha value is -8.36. The number of halogens is 14. The van der Waals surface area contributed by atoms with Crippen LogP contribution in [0.4, 0.5) is 72.8 Å². The number of nitriles is 4. The molecule has 5 aromatic rings. The summed E-state index contributed by atoms with van der Waals surface area (Å²) in [6, 6.07) is 14.9. The summed E-state index contributed by atoms with van der Waals surface area (Å²) in [7, 11) is 6.22. The molecule has 0 atom stereocenters. The van der Waals surface area contributed by atoms with E-state index in [9.17, 15) is 47.4 Å². The first kappa shape index (κ1) is 48.7. The van der Waals surface area contributed by atoms with E-state index >= 15 is 35.1 Å². The SMILES string of the molecule is CN(C)c1ccc(C(/C=C(/c2c(F)c(F)c(F)c(F)c2F)c2c(F)c(F)c(/C(=C\C(=C(C#N)C#N)c3ccc(N(C)C)cc3)c3c(F)c(F)c(F)c(F)c3F)c(F)c2F)=C(C#N)C#N)cc1. The van der Waals surface area contributed by atoms with Crippen LogP contribution in [0.2, 0.25) is 0 Å². The fraction of sp³-hybridized carbons (Fsp3) is 0.0870. The molecule has 0 N–H and O–H groups in total. The van der Waals surface area contributed by atoms with Crippen molar-refractivity contribution in [1.82, 2.24) is 0 Å². The second-order valence-electron chi connectivity index (χ2n) is 13.9. The lowest BCUT2D eigenvalue weighted by Crippen LogP contribution is -2.15. The van der Waals surface area contributed by atoms with E-state index < -0.39 is 137 Å². The highest BCUT2D eigenvalue weighted by molar-refractivity contribution is 5.97. The Morgan fingerprint density at radius 3 is 0.742 bits per heavy atom. The molecule has 0 saturated heterocycles. The highest BCUT2D eigenvalue weighted by Gasteiger charge is 2.38. The monoisotopic (exact) mass is 924 g/mol. The predicted molar refractivity (Wildman–Crippen MR) is 211 cm³/mol. The molecule has 0 heterocycles. The van der Waals surface area contributed by atoms with Gasteiger partial charge in [-0.1, -0.05) is 24.3 Å². The Labute approximate surface area is 364 Å². The molecule has 0 aliphatic carbocycles. The van der Waals surface area contributed by atoms with Gasteiger partial charge in [-0.15, -0.1) is 0 Å². The standard InChI is InChI=1S/C46H22F14N6/c1-65(2)23-9-5-19(6-10-23)25(21(15-61)16-62)13-27(31-37(51)41(55)45(59)42(56)38(31)52)29-33(47)35(49)30(36(50)34(29)48)28(32-39(53)43(57)46(60)44(58)40(32)54)14-26(22(17-63)18-64)20-7-11-24(12-8-20)66(3)4/h5-14H,1-4H3/b27-13+,28-14+. The van der Waals surface area contributed by atoms with E-state index in [4.69, 9.17) is 0 Å². The van der Waals surface area contributed by atoms with Gasteiger partial charge in [0.25, 0.3) is 0 Å². The second-order valence-corrected chi connectivity index (χ2v) is 13.9. The number of nitrogens with zero attached hydrogens (tertiary/aromatic N) is 6. The van der Waals surface area contributed by atoms with Gasteiger partial charge in [0, 0.05) is 61.9 Å². The summed E-state index contributed by atoms with van der Waals surface area (Å²) < 4.78 is 218. The van der Waals surface area contributed by atoms with Crippen LogP contribution in [0.3, 0.4) is 0 Å². The molecule has 0 aromatic heterocycles. The van der Waals surface area contributed by atoms with Crippen LogP contribution in [0.25, 0.3) is 22.3 Å². The number of hydrogen-bond donors (Lipinski definition) is 0. The second kappa shape index (κ2) is 19.2. The Balaban J connectivity index is 2.05. The largest absolute Gasteiger partial charge is 0.378 e. The van der Waals surface area contributed by atoms with E-state index in [2.05, 4.69) is 0 Å². The zero-order valence-electron chi connectivity index (χ0n) is 33.7. The molecular formula is C46H22F14N6. The Morgan fingerprint density at radius 2 is 0.545 bits per heavy atom. The van der Waals surface area contributed by atoms with Gasteiger partial charge in [0.1, 0.15) is 35.4 Å². The summed E-state index contributed by atoms with van der Waals surface area (Å²) in [5, 5.41) is 39.3. The fourth-order valence-electron chi connectivity index (χ4n) is 6.38. The molecule has 6 nitrogen and oxygen atoms in total. The van der Waals surface area contributed by atoms with Crippen molar-refractivity contribution in [1.29, 1.82) is 21.0 Å². The Morgan fingerprint density at radius 1 is 0.348 bits per heavy atom. The number of hydrogen-bond acceptors (Lipinski definition) is 6. The molecule has 5 rings (SSSR count). The molecule has 66 heavy (non-hydrogen) atoms. The summed E-state index contributed by atoms with van der Waals surface area (Å²) in [5.74, 6) is -40.0. The molecule has 0 amide bonds. The smallest absolute Gasteiger partial charge is 0.200 e. The summed E-state index contributed by atoms with van der Waals surface area (Å²) in [5.41, 5.74) is -17.3. The molecule has 0 aliphatic rings. The van der Waals surface area contributed by atoms with Crippen LogP contribution >= 0.6 is 0 Å². The minimum Gasteiger partial charge on any atom is -0.378 e. The molecule has 5 aromatic carbocycles. The molecule has 334 valence electrons. The Kier molecular flexibility index (Phi) is 14.1. The van der Waals surface area contributed by atoms with E-state index in [1.54, 1.807) is 28.2 Å². The number of anilines is 2. The average Bonchev–Trinajstić information content (AvgIpc) is 3.30. The van der Waals surface area contributed by atoms with Gasteiger partial charge in [-0.3, -0.25) is 0 Å². The number of benzene rings is 5. The lowest BCUT2D eigenvalue weighted by molar-refractivity contribution is 0.375. The molecule has 0 fully saturated rings. The quantitative estimate of drug-likeness (QED) is 0.0455. The summed E-state index contributed by atoms with van der Waals surface area (Å²) >= 11 is 0. The first-order chi connectivity index (χ1) is 31.1. The lowest BCUT2D eigenvalue weighted by Gasteiger charge is -2.20. The maximum absolute atomic E-state index is 16.9. The number of allylic oxidation sites excluding steroid dienone is 6. The van der Waals surface area contributed by atoms with Gasteiger partial charge < -0.3 is 9.80 Å². The first-order valence-electron chi connectivity index (χ1n) is 18.1. The zero-order chi connectivity index (χ0) is 49.2. The van der Waals surface area contributed by atoms with Crippen molar-refractivity contribution in [2.45, 2.75) is 0 Å². The Bertz CT molecular complexity index is 2830. The molecule has 0 bridgehead atoms. The van der Waals surface area contributed by atoms with Gasteiger partial charge in [0.05, 0.1) is 22.3 Å². The minimum atomic E-state index is -2.91. The molecule has 0 radical (unpaired) electrons.